The van der Waals surface area contributed by atoms with Crippen LogP contribution in [-0.4, -0.2) is 102 Å². The number of allylic oxidation sites excluding steroid dienone is 2. The zero-order chi connectivity index (χ0) is 51.4. The molecule has 20 heteroatoms. The van der Waals surface area contributed by atoms with Crippen LogP contribution < -0.4 is 20.7 Å². The van der Waals surface area contributed by atoms with Gasteiger partial charge in [-0.3, -0.25) is 14.4 Å². The van der Waals surface area contributed by atoms with Gasteiger partial charge in [0, 0.05) is 22.4 Å². The lowest BCUT2D eigenvalue weighted by atomic mass is 9.92. The van der Waals surface area contributed by atoms with Crippen LogP contribution in [0, 0.1) is 5.92 Å². The average molecular weight is 985 g/mol. The van der Waals surface area contributed by atoms with Gasteiger partial charge in [0.15, 0.2) is 6.04 Å². The van der Waals surface area contributed by atoms with Crippen molar-refractivity contribution in [1.29, 1.82) is 0 Å². The summed E-state index contributed by atoms with van der Waals surface area (Å²) in [5.74, 6) is -2.59. The van der Waals surface area contributed by atoms with Gasteiger partial charge in [0.25, 0.3) is 0 Å². The highest BCUT2D eigenvalue weighted by Gasteiger charge is 2.41. The van der Waals surface area contributed by atoms with Crippen LogP contribution in [0.15, 0.2) is 95.0 Å². The van der Waals surface area contributed by atoms with Gasteiger partial charge in [-0.2, -0.15) is 0 Å². The molecule has 0 bridgehead atoms. The van der Waals surface area contributed by atoms with Crippen LogP contribution in [0.25, 0.3) is 16.5 Å². The minimum atomic E-state index is -1.46. The van der Waals surface area contributed by atoms with Gasteiger partial charge in [-0.15, -0.1) is 11.3 Å². The molecule has 1 fully saturated rings. The Balaban J connectivity index is 1.47. The van der Waals surface area contributed by atoms with Crippen LogP contribution >= 0.6 is 11.3 Å². The molecule has 3 aromatic rings. The first kappa shape index (κ1) is 55.4. The molecule has 1 unspecified atom stereocenters. The maximum atomic E-state index is 14.1. The van der Waals surface area contributed by atoms with Crippen molar-refractivity contribution >= 4 is 53.4 Å². The van der Waals surface area contributed by atoms with E-state index in [9.17, 15) is 34.3 Å². The molecular weight excluding hydrogens is 921 g/mol. The number of thiazole rings is 1. The number of methoxy groups -OCH3 is 1. The smallest absolute Gasteiger partial charge is 0.408 e. The van der Waals surface area contributed by atoms with Crippen molar-refractivity contribution in [2.75, 3.05) is 26.9 Å². The summed E-state index contributed by atoms with van der Waals surface area (Å²) in [5, 5.41) is 14.2. The predicted octanol–water partition coefficient (Wildman–Crippen LogP) is 8.08. The van der Waals surface area contributed by atoms with E-state index in [0.717, 1.165) is 18.2 Å². The van der Waals surface area contributed by atoms with Crippen molar-refractivity contribution in [3.8, 4) is 5.75 Å². The molecule has 0 radical (unpaired) electrons. The van der Waals surface area contributed by atoms with Gasteiger partial charge in [0.2, 0.25) is 11.8 Å². The van der Waals surface area contributed by atoms with E-state index in [1.165, 1.54) is 29.2 Å². The first-order valence-electron chi connectivity index (χ1n) is 22.9. The minimum Gasteiger partial charge on any atom is -0.489 e. The summed E-state index contributed by atoms with van der Waals surface area (Å²) in [6, 6.07) is 12.1. The molecule has 3 N–H and O–H groups in total. The topological polar surface area (TPSA) is 250 Å². The number of likely N-dealkylation sites (tertiary alicyclic amines) is 1. The monoisotopic (exact) mass is 984 g/mol. The third kappa shape index (κ3) is 17.4. The number of ether oxygens (including phenoxy) is 5. The summed E-state index contributed by atoms with van der Waals surface area (Å²) in [4.78, 5) is 88.5. The fourth-order valence-electron chi connectivity index (χ4n) is 7.31. The minimum absolute atomic E-state index is 0.132. The Labute approximate surface area is 412 Å². The number of alkyl carbamates (subject to hydrolysis) is 2. The maximum Gasteiger partial charge on any atom is 0.408 e. The van der Waals surface area contributed by atoms with Gasteiger partial charge in [-0.05, 0) is 106 Å². The second-order valence-corrected chi connectivity index (χ2v) is 18.5. The highest BCUT2D eigenvalue weighted by Crippen LogP contribution is 2.27. The van der Waals surface area contributed by atoms with Gasteiger partial charge in [0.1, 0.15) is 48.3 Å². The Hall–Kier alpha value is -7.18. The molecule has 6 atom stereocenters. The fraction of sp³-hybridized carbons (Fsp3) is 0.460. The second-order valence-electron chi connectivity index (χ2n) is 17.6. The molecular formula is C50H64N8O11S. The van der Waals surface area contributed by atoms with Crippen molar-refractivity contribution in [2.45, 2.75) is 117 Å². The van der Waals surface area contributed by atoms with Gasteiger partial charge >= 0.3 is 24.1 Å². The summed E-state index contributed by atoms with van der Waals surface area (Å²) in [6.07, 6.45) is 4.68. The largest absolute Gasteiger partial charge is 0.489 e. The predicted molar refractivity (Wildman–Crippen MR) is 263 cm³/mol. The lowest BCUT2D eigenvalue weighted by Crippen LogP contribution is -2.58. The normalized spacial score (nSPS) is 15.9. The Morgan fingerprint density at radius 1 is 1.00 bits per heavy atom. The lowest BCUT2D eigenvalue weighted by molar-refractivity contribution is -0.147. The highest BCUT2D eigenvalue weighted by molar-refractivity contribution is 7.09. The van der Waals surface area contributed by atoms with Crippen molar-refractivity contribution in [1.82, 2.24) is 25.8 Å². The standard InChI is InChI=1S/C50H64N8O11S/c1-10-24-66-48(63)54-39(45(60)58-23-15-18-40(58)43(59)55-41(32(4)11-2)42(56-57-51)47(62)65-9)29-68-46(61)33(5)25-31(3)26-36-30-70-44(52-36)38(53-49(64)69-50(6,7)8)27-34-19-21-37(22-20-34)67-28-35-16-13-12-14-17-35/h10,12-14,16-17,19-22,25-26,30,32,38-42H,1,11,15,18,23-24,27-29H2,2-9H3,(H,53,64)(H,54,63)(H,55,59)/b31-26+,33-25+/t32-,38-,39-,40-,41-,42?/m0/s1. The van der Waals surface area contributed by atoms with Crippen LogP contribution in [0.1, 0.15) is 95.6 Å². The molecule has 4 amide bonds. The molecule has 4 rings (SSSR count). The lowest BCUT2D eigenvalue weighted by Gasteiger charge is -2.32. The van der Waals surface area contributed by atoms with E-state index >= 15 is 0 Å². The molecule has 0 aliphatic carbocycles. The van der Waals surface area contributed by atoms with E-state index in [0.29, 0.717) is 47.9 Å². The second kappa shape index (κ2) is 27.1. The molecule has 70 heavy (non-hydrogen) atoms. The molecule has 1 aliphatic rings. The summed E-state index contributed by atoms with van der Waals surface area (Å²) in [6.45, 7) is 15.6. The number of carbonyl (C=O) groups excluding carboxylic acids is 6. The van der Waals surface area contributed by atoms with Crippen molar-refractivity contribution in [2.24, 2.45) is 11.0 Å². The van der Waals surface area contributed by atoms with Crippen LogP contribution in [0.4, 0.5) is 9.59 Å². The third-order valence-corrected chi connectivity index (χ3v) is 11.9. The summed E-state index contributed by atoms with van der Waals surface area (Å²) < 4.78 is 27.0. The molecule has 2 aromatic carbocycles. The van der Waals surface area contributed by atoms with Gasteiger partial charge in [-0.25, -0.2) is 19.4 Å². The Kier molecular flexibility index (Phi) is 21.5. The van der Waals surface area contributed by atoms with Crippen LogP contribution in [0.2, 0.25) is 0 Å². The van der Waals surface area contributed by atoms with E-state index < -0.39 is 78.4 Å². The van der Waals surface area contributed by atoms with Crippen molar-refractivity contribution < 1.29 is 52.5 Å². The van der Waals surface area contributed by atoms with E-state index in [4.69, 9.17) is 28.7 Å². The van der Waals surface area contributed by atoms with E-state index in [1.807, 2.05) is 66.9 Å². The molecule has 376 valence electrons. The Morgan fingerprint density at radius 3 is 2.36 bits per heavy atom. The Bertz CT molecular complexity index is 2390. The number of carbonyl (C=O) groups is 6. The van der Waals surface area contributed by atoms with Crippen molar-refractivity contribution in [3.05, 3.63) is 122 Å². The first-order valence-corrected chi connectivity index (χ1v) is 23.8. The number of hydrogen-bond acceptors (Lipinski definition) is 14. The zero-order valence-corrected chi connectivity index (χ0v) is 41.8. The van der Waals surface area contributed by atoms with Crippen LogP contribution in [0.3, 0.4) is 0 Å². The third-order valence-electron chi connectivity index (χ3n) is 10.9. The number of nitrogens with one attached hydrogen (secondary N) is 3. The number of hydrogen-bond donors (Lipinski definition) is 3. The molecule has 1 aliphatic heterocycles. The number of amides is 4. The molecule has 19 nitrogen and oxygen atoms in total. The average Bonchev–Trinajstić information content (AvgIpc) is 4.02. The fourth-order valence-corrected chi connectivity index (χ4v) is 8.14. The number of benzene rings is 2. The number of esters is 2. The molecule has 1 saturated heterocycles. The van der Waals surface area contributed by atoms with Crippen LogP contribution in [-0.2, 0) is 51.2 Å². The molecule has 2 heterocycles. The Morgan fingerprint density at radius 2 is 1.71 bits per heavy atom. The molecule has 0 saturated carbocycles. The number of azide groups is 1. The first-order chi connectivity index (χ1) is 33.4. The summed E-state index contributed by atoms with van der Waals surface area (Å²) in [7, 11) is 1.14. The van der Waals surface area contributed by atoms with E-state index in [2.05, 4.69) is 32.6 Å². The quantitative estimate of drug-likeness (QED) is 0.0119. The van der Waals surface area contributed by atoms with Gasteiger partial charge < -0.3 is 44.5 Å². The zero-order valence-electron chi connectivity index (χ0n) is 41.0. The number of rotatable bonds is 23. The molecule has 1 aromatic heterocycles. The van der Waals surface area contributed by atoms with E-state index in [1.54, 1.807) is 46.8 Å². The highest BCUT2D eigenvalue weighted by atomic mass is 32.1. The van der Waals surface area contributed by atoms with Gasteiger partial charge in [-0.1, -0.05) is 80.5 Å². The van der Waals surface area contributed by atoms with Gasteiger partial charge in [0.05, 0.1) is 24.9 Å². The van der Waals surface area contributed by atoms with Crippen molar-refractivity contribution in [3.63, 3.8) is 0 Å². The van der Waals surface area contributed by atoms with E-state index in [-0.39, 0.29) is 31.1 Å². The SMILES string of the molecule is C=CCOC(=O)N[C@@H](COC(=O)/C(C)=C/C(C)=C/c1csc([C@H](Cc2ccc(OCc3ccccc3)cc2)NC(=O)OC(C)(C)C)n1)C(=O)N1CCC[C@H]1C(=O)N[C@H](C(N=[N+]=[N-])C(=O)OC)[C@@H](C)CC. The number of nitrogens with zero attached hydrogens (tertiary/aromatic N) is 5. The van der Waals surface area contributed by atoms with Crippen LogP contribution in [0.5, 0.6) is 5.75 Å². The maximum absolute atomic E-state index is 14.1. The summed E-state index contributed by atoms with van der Waals surface area (Å²) >= 11 is 1.35. The summed E-state index contributed by atoms with van der Waals surface area (Å²) in [5.41, 5.74) is 11.8. The number of aromatic nitrogens is 1. The molecule has 0 spiro atoms.